The molecule has 1 aliphatic rings. The zero-order valence-corrected chi connectivity index (χ0v) is 11.8. The fourth-order valence-corrected chi connectivity index (χ4v) is 3.75. The van der Waals surface area contributed by atoms with Crippen molar-refractivity contribution in [1.82, 2.24) is 15.1 Å². The molecule has 2 heterocycles. The molecule has 0 saturated heterocycles. The highest BCUT2D eigenvalue weighted by atomic mass is 32.1. The fraction of sp³-hybridized carbons (Fsp3) is 0.500. The first-order chi connectivity index (χ1) is 8.74. The Kier molecular flexibility index (Phi) is 3.22. The van der Waals surface area contributed by atoms with Gasteiger partial charge in [-0.3, -0.25) is 4.68 Å². The van der Waals surface area contributed by atoms with E-state index >= 15 is 0 Å². The summed E-state index contributed by atoms with van der Waals surface area (Å²) in [5.41, 5.74) is 4.13. The summed E-state index contributed by atoms with van der Waals surface area (Å²) in [4.78, 5) is 3.09. The van der Waals surface area contributed by atoms with E-state index in [4.69, 9.17) is 0 Å². The van der Waals surface area contributed by atoms with Gasteiger partial charge < -0.3 is 5.32 Å². The Bertz CT molecular complexity index is 532. The molecule has 4 heteroatoms. The van der Waals surface area contributed by atoms with Gasteiger partial charge in [0.05, 0.1) is 6.20 Å². The number of rotatable bonds is 4. The van der Waals surface area contributed by atoms with Gasteiger partial charge in [-0.05, 0) is 37.8 Å². The minimum Gasteiger partial charge on any atom is -0.308 e. The van der Waals surface area contributed by atoms with Crippen molar-refractivity contribution in [2.24, 2.45) is 7.05 Å². The average Bonchev–Trinajstić information content (AvgIpc) is 2.99. The molecule has 96 valence electrons. The minimum absolute atomic E-state index is 0.905. The Morgan fingerprint density at radius 2 is 2.28 bits per heavy atom. The molecule has 1 aliphatic carbocycles. The SMILES string of the molecule is Cc1c(CNCc2cc3c(s2)CCC3)cnn1C. The van der Waals surface area contributed by atoms with Gasteiger partial charge in [-0.2, -0.15) is 5.10 Å². The highest BCUT2D eigenvalue weighted by Crippen LogP contribution is 2.30. The molecule has 3 rings (SSSR count). The molecule has 0 unspecified atom stereocenters. The van der Waals surface area contributed by atoms with Crippen LogP contribution in [0.1, 0.15) is 33.0 Å². The maximum absolute atomic E-state index is 4.26. The van der Waals surface area contributed by atoms with Crippen LogP contribution in [0.15, 0.2) is 12.3 Å². The van der Waals surface area contributed by atoms with Crippen LogP contribution in [0, 0.1) is 6.92 Å². The predicted octanol–water partition coefficient (Wildman–Crippen LogP) is 2.57. The van der Waals surface area contributed by atoms with Crippen molar-refractivity contribution in [2.45, 2.75) is 39.3 Å². The van der Waals surface area contributed by atoms with Gasteiger partial charge in [-0.1, -0.05) is 0 Å². The third kappa shape index (κ3) is 2.22. The number of fused-ring (bicyclic) bond motifs is 1. The second-order valence-corrected chi connectivity index (χ2v) is 6.22. The number of hydrogen-bond donors (Lipinski definition) is 1. The molecular formula is C14H19N3S. The van der Waals surface area contributed by atoms with Crippen molar-refractivity contribution in [2.75, 3.05) is 0 Å². The third-order valence-electron chi connectivity index (χ3n) is 3.75. The lowest BCUT2D eigenvalue weighted by atomic mass is 10.2. The van der Waals surface area contributed by atoms with Crippen LogP contribution in [0.3, 0.4) is 0 Å². The van der Waals surface area contributed by atoms with Gasteiger partial charge in [0, 0.05) is 41.1 Å². The van der Waals surface area contributed by atoms with Crippen LogP contribution >= 0.6 is 11.3 Å². The monoisotopic (exact) mass is 261 g/mol. The smallest absolute Gasteiger partial charge is 0.0537 e. The molecule has 0 spiro atoms. The lowest BCUT2D eigenvalue weighted by molar-refractivity contribution is 0.690. The van der Waals surface area contributed by atoms with E-state index in [-0.39, 0.29) is 0 Å². The molecule has 0 aliphatic heterocycles. The van der Waals surface area contributed by atoms with Gasteiger partial charge in [-0.25, -0.2) is 0 Å². The maximum Gasteiger partial charge on any atom is 0.0537 e. The van der Waals surface area contributed by atoms with Crippen LogP contribution in [-0.4, -0.2) is 9.78 Å². The first-order valence-electron chi connectivity index (χ1n) is 6.52. The summed E-state index contributed by atoms with van der Waals surface area (Å²) in [5, 5.41) is 7.78. The number of aryl methyl sites for hydroxylation is 3. The number of hydrogen-bond acceptors (Lipinski definition) is 3. The van der Waals surface area contributed by atoms with Gasteiger partial charge in [0.15, 0.2) is 0 Å². The van der Waals surface area contributed by atoms with Crippen molar-refractivity contribution in [3.05, 3.63) is 38.8 Å². The Morgan fingerprint density at radius 3 is 3.00 bits per heavy atom. The van der Waals surface area contributed by atoms with E-state index in [0.717, 1.165) is 13.1 Å². The standard InChI is InChI=1S/C14H19N3S/c1-10-12(8-16-17(10)2)7-15-9-13-6-11-4-3-5-14(11)18-13/h6,8,15H,3-5,7,9H2,1-2H3. The van der Waals surface area contributed by atoms with Crippen LogP contribution in [0.4, 0.5) is 0 Å². The summed E-state index contributed by atoms with van der Waals surface area (Å²) in [6, 6.07) is 2.39. The topological polar surface area (TPSA) is 29.9 Å². The molecule has 2 aromatic rings. The largest absolute Gasteiger partial charge is 0.308 e. The summed E-state index contributed by atoms with van der Waals surface area (Å²) < 4.78 is 1.93. The van der Waals surface area contributed by atoms with Crippen molar-refractivity contribution >= 4 is 11.3 Å². The lowest BCUT2D eigenvalue weighted by Crippen LogP contribution is -2.12. The Balaban J connectivity index is 1.57. The van der Waals surface area contributed by atoms with Crippen LogP contribution in [-0.2, 0) is 33.0 Å². The normalized spacial score (nSPS) is 14.1. The second kappa shape index (κ2) is 4.86. The summed E-state index contributed by atoms with van der Waals surface area (Å²) in [6.45, 7) is 4.00. The lowest BCUT2D eigenvalue weighted by Gasteiger charge is -2.03. The summed E-state index contributed by atoms with van der Waals surface area (Å²) in [5.74, 6) is 0. The zero-order valence-electron chi connectivity index (χ0n) is 11.0. The van der Waals surface area contributed by atoms with Gasteiger partial charge in [-0.15, -0.1) is 11.3 Å². The zero-order chi connectivity index (χ0) is 12.5. The summed E-state index contributed by atoms with van der Waals surface area (Å²) in [7, 11) is 1.99. The maximum atomic E-state index is 4.26. The molecule has 0 amide bonds. The summed E-state index contributed by atoms with van der Waals surface area (Å²) >= 11 is 1.98. The first kappa shape index (κ1) is 11.9. The minimum atomic E-state index is 0.905. The quantitative estimate of drug-likeness (QED) is 0.916. The molecule has 0 fully saturated rings. The first-order valence-corrected chi connectivity index (χ1v) is 7.34. The third-order valence-corrected chi connectivity index (χ3v) is 4.99. The van der Waals surface area contributed by atoms with Crippen LogP contribution in [0.5, 0.6) is 0 Å². The van der Waals surface area contributed by atoms with E-state index in [1.165, 1.54) is 35.4 Å². The molecule has 3 nitrogen and oxygen atoms in total. The molecule has 0 bridgehead atoms. The molecule has 18 heavy (non-hydrogen) atoms. The average molecular weight is 261 g/mol. The van der Waals surface area contributed by atoms with Crippen LogP contribution in [0.25, 0.3) is 0 Å². The van der Waals surface area contributed by atoms with Crippen LogP contribution < -0.4 is 5.32 Å². The number of thiophene rings is 1. The van der Waals surface area contributed by atoms with Crippen molar-refractivity contribution in [3.8, 4) is 0 Å². The van der Waals surface area contributed by atoms with E-state index in [2.05, 4.69) is 23.4 Å². The molecule has 0 saturated carbocycles. The van der Waals surface area contributed by atoms with Gasteiger partial charge >= 0.3 is 0 Å². The summed E-state index contributed by atoms with van der Waals surface area (Å²) in [6.07, 6.45) is 5.88. The Hall–Kier alpha value is -1.13. The van der Waals surface area contributed by atoms with Gasteiger partial charge in [0.2, 0.25) is 0 Å². The molecular weight excluding hydrogens is 242 g/mol. The second-order valence-electron chi connectivity index (χ2n) is 5.00. The van der Waals surface area contributed by atoms with Crippen molar-refractivity contribution in [3.63, 3.8) is 0 Å². The number of nitrogens with zero attached hydrogens (tertiary/aromatic N) is 2. The van der Waals surface area contributed by atoms with E-state index in [1.807, 2.05) is 29.3 Å². The van der Waals surface area contributed by atoms with Crippen molar-refractivity contribution in [1.29, 1.82) is 0 Å². The number of nitrogens with one attached hydrogen (secondary N) is 1. The van der Waals surface area contributed by atoms with E-state index in [1.54, 1.807) is 10.4 Å². The van der Waals surface area contributed by atoms with Crippen LogP contribution in [0.2, 0.25) is 0 Å². The Labute approximate surface area is 112 Å². The highest BCUT2D eigenvalue weighted by molar-refractivity contribution is 7.12. The molecule has 0 atom stereocenters. The Morgan fingerprint density at radius 1 is 1.39 bits per heavy atom. The molecule has 2 aromatic heterocycles. The molecule has 0 radical (unpaired) electrons. The fourth-order valence-electron chi connectivity index (χ4n) is 2.52. The molecule has 1 N–H and O–H groups in total. The van der Waals surface area contributed by atoms with E-state index < -0.39 is 0 Å². The van der Waals surface area contributed by atoms with Gasteiger partial charge in [0.1, 0.15) is 0 Å². The van der Waals surface area contributed by atoms with Gasteiger partial charge in [0.25, 0.3) is 0 Å². The van der Waals surface area contributed by atoms with E-state index in [0.29, 0.717) is 0 Å². The predicted molar refractivity (Wildman–Crippen MR) is 74.8 cm³/mol. The van der Waals surface area contributed by atoms with Crippen molar-refractivity contribution < 1.29 is 0 Å². The molecule has 0 aromatic carbocycles. The highest BCUT2D eigenvalue weighted by Gasteiger charge is 2.14. The number of aromatic nitrogens is 2. The van der Waals surface area contributed by atoms with E-state index in [9.17, 15) is 0 Å².